The Morgan fingerprint density at radius 2 is 2.00 bits per heavy atom. The number of aromatic amines is 1. The molecule has 1 atom stereocenters. The average molecular weight is 483 g/mol. The van der Waals surface area contributed by atoms with E-state index in [4.69, 9.17) is 14.6 Å². The Hall–Kier alpha value is -2.99. The summed E-state index contributed by atoms with van der Waals surface area (Å²) in [6, 6.07) is 5.86. The van der Waals surface area contributed by atoms with Crippen LogP contribution in [-0.4, -0.2) is 87.5 Å². The van der Waals surface area contributed by atoms with E-state index in [0.717, 1.165) is 70.0 Å². The first kappa shape index (κ1) is 25.6. The van der Waals surface area contributed by atoms with Gasteiger partial charge in [-0.25, -0.2) is 4.79 Å². The zero-order valence-electron chi connectivity index (χ0n) is 18.6. The molecule has 2 fully saturated rings. The first-order valence-electron chi connectivity index (χ1n) is 10.9. The number of ether oxygens (including phenoxy) is 1. The second-order valence-electron chi connectivity index (χ2n) is 8.60. The molecule has 2 aliphatic heterocycles. The van der Waals surface area contributed by atoms with E-state index in [0.29, 0.717) is 6.42 Å². The lowest BCUT2D eigenvalue weighted by molar-refractivity contribution is -0.192. The fourth-order valence-electron chi connectivity index (χ4n) is 4.29. The van der Waals surface area contributed by atoms with Crippen LogP contribution in [0.15, 0.2) is 36.8 Å². The number of hydrogen-bond acceptors (Lipinski definition) is 6. The van der Waals surface area contributed by atoms with Gasteiger partial charge in [-0.3, -0.25) is 19.8 Å². The van der Waals surface area contributed by atoms with Crippen molar-refractivity contribution in [2.45, 2.75) is 32.0 Å². The lowest BCUT2D eigenvalue weighted by atomic mass is 9.80. The number of carbonyl (C=O) groups excluding carboxylic acids is 1. The zero-order valence-corrected chi connectivity index (χ0v) is 18.6. The lowest BCUT2D eigenvalue weighted by Gasteiger charge is -2.43. The Labute approximate surface area is 194 Å². The number of aromatic nitrogens is 3. The number of carbonyl (C=O) groups is 2. The molecule has 34 heavy (non-hydrogen) atoms. The molecule has 12 heteroatoms. The number of piperidine rings is 1. The number of H-pyrrole nitrogens is 1. The number of likely N-dealkylation sites (tertiary alicyclic amines) is 1. The summed E-state index contributed by atoms with van der Waals surface area (Å²) < 4.78 is 37.7. The summed E-state index contributed by atoms with van der Waals surface area (Å²) in [7, 11) is 0. The summed E-state index contributed by atoms with van der Waals surface area (Å²) in [6.45, 7) is 5.76. The van der Waals surface area contributed by atoms with Crippen molar-refractivity contribution in [3.8, 4) is 0 Å². The molecule has 2 N–H and O–H groups in total. The highest BCUT2D eigenvalue weighted by molar-refractivity contribution is 5.78. The normalized spacial score (nSPS) is 21.4. The molecule has 0 aliphatic carbocycles. The quantitative estimate of drug-likeness (QED) is 0.685. The summed E-state index contributed by atoms with van der Waals surface area (Å²) in [5, 5.41) is 14.2. The second-order valence-corrected chi connectivity index (χ2v) is 8.60. The molecule has 2 aromatic heterocycles. The number of nitrogens with zero attached hydrogens (tertiary/aromatic N) is 4. The van der Waals surface area contributed by atoms with Crippen molar-refractivity contribution < 1.29 is 32.6 Å². The third kappa shape index (κ3) is 7.52. The number of pyridine rings is 1. The Bertz CT molecular complexity index is 926. The smallest absolute Gasteiger partial charge is 0.475 e. The maximum atomic E-state index is 12.8. The van der Waals surface area contributed by atoms with Crippen LogP contribution in [0.1, 0.15) is 24.1 Å². The average Bonchev–Trinajstić information content (AvgIpc) is 3.23. The molecular weight excluding hydrogens is 455 g/mol. The molecule has 2 aromatic rings. The Morgan fingerprint density at radius 1 is 1.21 bits per heavy atom. The first-order valence-corrected chi connectivity index (χ1v) is 10.9. The minimum Gasteiger partial charge on any atom is -0.475 e. The molecule has 1 unspecified atom stereocenters. The van der Waals surface area contributed by atoms with Gasteiger partial charge in [-0.05, 0) is 30.5 Å². The van der Waals surface area contributed by atoms with Crippen molar-refractivity contribution in [3.63, 3.8) is 0 Å². The Balaban J connectivity index is 0.000000406. The second kappa shape index (κ2) is 11.4. The topological polar surface area (TPSA) is 112 Å². The lowest BCUT2D eigenvalue weighted by Crippen LogP contribution is -2.52. The molecule has 2 saturated heterocycles. The molecular formula is C22H28F3N5O4. The van der Waals surface area contributed by atoms with Gasteiger partial charge in [0.15, 0.2) is 0 Å². The van der Waals surface area contributed by atoms with Crippen molar-refractivity contribution in [2.24, 2.45) is 5.41 Å². The van der Waals surface area contributed by atoms with E-state index in [1.165, 1.54) is 0 Å². The number of nitrogens with one attached hydrogen (secondary N) is 1. The van der Waals surface area contributed by atoms with Crippen LogP contribution < -0.4 is 0 Å². The number of carboxylic acids is 1. The van der Waals surface area contributed by atoms with Gasteiger partial charge >= 0.3 is 12.1 Å². The Morgan fingerprint density at radius 3 is 2.65 bits per heavy atom. The summed E-state index contributed by atoms with van der Waals surface area (Å²) in [5.74, 6) is -2.57. The molecule has 2 aliphatic rings. The molecule has 9 nitrogen and oxygen atoms in total. The maximum Gasteiger partial charge on any atom is 0.490 e. The monoisotopic (exact) mass is 483 g/mol. The molecule has 4 heterocycles. The van der Waals surface area contributed by atoms with Gasteiger partial charge in [0.2, 0.25) is 5.91 Å². The number of alkyl halides is 3. The summed E-state index contributed by atoms with van der Waals surface area (Å²) in [6.07, 6.45) is 2.77. The van der Waals surface area contributed by atoms with Crippen molar-refractivity contribution in [3.05, 3.63) is 48.0 Å². The van der Waals surface area contributed by atoms with Gasteiger partial charge in [0, 0.05) is 62.4 Å². The highest BCUT2D eigenvalue weighted by atomic mass is 19.4. The SMILES string of the molecule is O=C(Cc1cccnc1)N1CCCC2(COCCN(Cc3ccn[nH]3)C2)C1.O=C(O)C(F)(F)F. The van der Waals surface area contributed by atoms with E-state index in [-0.39, 0.29) is 11.3 Å². The predicted molar refractivity (Wildman–Crippen MR) is 115 cm³/mol. The van der Waals surface area contributed by atoms with E-state index < -0.39 is 12.1 Å². The van der Waals surface area contributed by atoms with E-state index in [1.54, 1.807) is 18.6 Å². The molecule has 1 amide bonds. The number of rotatable bonds is 4. The van der Waals surface area contributed by atoms with Crippen LogP contribution in [0, 0.1) is 5.41 Å². The number of carboxylic acid groups (broad SMARTS) is 1. The number of hydrogen-bond donors (Lipinski definition) is 2. The van der Waals surface area contributed by atoms with E-state index in [1.807, 2.05) is 23.1 Å². The van der Waals surface area contributed by atoms with Gasteiger partial charge in [0.1, 0.15) is 0 Å². The fraction of sp³-hybridized carbons (Fsp3) is 0.545. The van der Waals surface area contributed by atoms with Crippen LogP contribution in [0.2, 0.25) is 0 Å². The molecule has 0 bridgehead atoms. The van der Waals surface area contributed by atoms with Gasteiger partial charge in [-0.2, -0.15) is 18.3 Å². The van der Waals surface area contributed by atoms with E-state index in [9.17, 15) is 18.0 Å². The van der Waals surface area contributed by atoms with Gasteiger partial charge in [0.25, 0.3) is 0 Å². The highest BCUT2D eigenvalue weighted by Crippen LogP contribution is 2.33. The molecule has 0 radical (unpaired) electrons. The van der Waals surface area contributed by atoms with Gasteiger partial charge in [-0.15, -0.1) is 0 Å². The number of aliphatic carboxylic acids is 1. The fourth-order valence-corrected chi connectivity index (χ4v) is 4.29. The third-order valence-corrected chi connectivity index (χ3v) is 5.81. The number of amides is 1. The van der Waals surface area contributed by atoms with Crippen LogP contribution in [0.3, 0.4) is 0 Å². The minimum atomic E-state index is -5.08. The first-order chi connectivity index (χ1) is 16.2. The van der Waals surface area contributed by atoms with Crippen molar-refractivity contribution >= 4 is 11.9 Å². The zero-order chi connectivity index (χ0) is 24.6. The van der Waals surface area contributed by atoms with Gasteiger partial charge in [-0.1, -0.05) is 6.07 Å². The predicted octanol–water partition coefficient (Wildman–Crippen LogP) is 2.12. The Kier molecular flexibility index (Phi) is 8.61. The summed E-state index contributed by atoms with van der Waals surface area (Å²) in [5.41, 5.74) is 2.10. The van der Waals surface area contributed by atoms with Crippen LogP contribution in [0.25, 0.3) is 0 Å². The minimum absolute atomic E-state index is 0.0133. The largest absolute Gasteiger partial charge is 0.490 e. The van der Waals surface area contributed by atoms with Crippen molar-refractivity contribution in [1.82, 2.24) is 25.0 Å². The summed E-state index contributed by atoms with van der Waals surface area (Å²) in [4.78, 5) is 30.3. The van der Waals surface area contributed by atoms with Crippen LogP contribution in [-0.2, 0) is 27.3 Å². The number of halogens is 3. The van der Waals surface area contributed by atoms with E-state index in [2.05, 4.69) is 20.1 Å². The van der Waals surface area contributed by atoms with Crippen molar-refractivity contribution in [2.75, 3.05) is 39.4 Å². The molecule has 4 rings (SSSR count). The van der Waals surface area contributed by atoms with Crippen molar-refractivity contribution in [1.29, 1.82) is 0 Å². The molecule has 0 aromatic carbocycles. The van der Waals surface area contributed by atoms with Gasteiger partial charge < -0.3 is 14.7 Å². The molecule has 0 saturated carbocycles. The standard InChI is InChI=1S/C20H27N5O2.C2HF3O2/c26-19(11-17-3-1-6-21-12-17)25-8-2-5-20(15-25)14-24(9-10-27-16-20)13-18-4-7-22-23-18;3-2(4,5)1(6)7/h1,3-4,6-7,12H,2,5,8-11,13-16H2,(H,22,23);(H,6,7). The van der Waals surface area contributed by atoms with Crippen LogP contribution >= 0.6 is 0 Å². The highest BCUT2D eigenvalue weighted by Gasteiger charge is 2.40. The molecule has 1 spiro atoms. The van der Waals surface area contributed by atoms with Crippen LogP contribution in [0.5, 0.6) is 0 Å². The van der Waals surface area contributed by atoms with E-state index >= 15 is 0 Å². The maximum absolute atomic E-state index is 12.8. The van der Waals surface area contributed by atoms with Gasteiger partial charge in [0.05, 0.1) is 19.6 Å². The summed E-state index contributed by atoms with van der Waals surface area (Å²) >= 11 is 0. The molecule has 186 valence electrons. The third-order valence-electron chi connectivity index (χ3n) is 5.81. The van der Waals surface area contributed by atoms with Crippen LogP contribution in [0.4, 0.5) is 13.2 Å².